The van der Waals surface area contributed by atoms with E-state index in [1.165, 1.54) is 0 Å². The number of aryl methyl sites for hydroxylation is 1. The third-order valence-corrected chi connectivity index (χ3v) is 2.86. The lowest BCUT2D eigenvalue weighted by Crippen LogP contribution is -2.04. The number of methoxy groups -OCH3 is 1. The minimum absolute atomic E-state index is 0.260. The molecule has 19 heavy (non-hydrogen) atoms. The summed E-state index contributed by atoms with van der Waals surface area (Å²) in [6, 6.07) is 12.5. The van der Waals surface area contributed by atoms with E-state index in [1.807, 2.05) is 37.3 Å². The zero-order chi connectivity index (χ0) is 13.8. The van der Waals surface area contributed by atoms with Crippen molar-refractivity contribution in [3.05, 3.63) is 53.6 Å². The number of para-hydroxylation sites is 1. The molecule has 0 radical (unpaired) electrons. The van der Waals surface area contributed by atoms with Gasteiger partial charge in [0, 0.05) is 5.69 Å². The van der Waals surface area contributed by atoms with Crippen LogP contribution in [0.1, 0.15) is 15.9 Å². The average Bonchev–Trinajstić information content (AvgIpc) is 2.41. The van der Waals surface area contributed by atoms with Gasteiger partial charge in [0.15, 0.2) is 0 Å². The number of rotatable bonds is 4. The SMILES string of the molecule is COc1ccc(Nc2c(C)cccc2C(=O)O)cc1. The van der Waals surface area contributed by atoms with Crippen LogP contribution in [0.25, 0.3) is 0 Å². The van der Waals surface area contributed by atoms with Crippen LogP contribution < -0.4 is 10.1 Å². The Bertz CT molecular complexity index is 591. The summed E-state index contributed by atoms with van der Waals surface area (Å²) in [7, 11) is 1.60. The predicted molar refractivity (Wildman–Crippen MR) is 74.4 cm³/mol. The molecule has 2 rings (SSSR count). The molecule has 4 nitrogen and oxygen atoms in total. The molecule has 0 amide bonds. The van der Waals surface area contributed by atoms with Gasteiger partial charge in [-0.15, -0.1) is 0 Å². The number of hydrogen-bond acceptors (Lipinski definition) is 3. The first kappa shape index (κ1) is 13.0. The topological polar surface area (TPSA) is 58.6 Å². The summed E-state index contributed by atoms with van der Waals surface area (Å²) in [5.41, 5.74) is 2.57. The molecule has 0 fully saturated rings. The number of anilines is 2. The fourth-order valence-corrected chi connectivity index (χ4v) is 1.83. The molecule has 0 bridgehead atoms. The summed E-state index contributed by atoms with van der Waals surface area (Å²) < 4.78 is 5.08. The minimum atomic E-state index is -0.945. The van der Waals surface area contributed by atoms with Gasteiger partial charge in [-0.3, -0.25) is 0 Å². The number of hydrogen-bond donors (Lipinski definition) is 2. The smallest absolute Gasteiger partial charge is 0.337 e. The van der Waals surface area contributed by atoms with Crippen molar-refractivity contribution in [2.45, 2.75) is 6.92 Å². The normalized spacial score (nSPS) is 10.0. The maximum atomic E-state index is 11.2. The summed E-state index contributed by atoms with van der Waals surface area (Å²) in [5, 5.41) is 12.3. The van der Waals surface area contributed by atoms with Gasteiger partial charge in [0.2, 0.25) is 0 Å². The molecule has 2 aromatic rings. The summed E-state index contributed by atoms with van der Waals surface area (Å²) >= 11 is 0. The Hall–Kier alpha value is -2.49. The second kappa shape index (κ2) is 5.44. The van der Waals surface area contributed by atoms with Crippen LogP contribution in [-0.2, 0) is 0 Å². The van der Waals surface area contributed by atoms with Crippen LogP contribution in [0.4, 0.5) is 11.4 Å². The molecule has 0 atom stereocenters. The highest BCUT2D eigenvalue weighted by atomic mass is 16.5. The zero-order valence-electron chi connectivity index (χ0n) is 10.8. The molecule has 0 heterocycles. The van der Waals surface area contributed by atoms with E-state index in [4.69, 9.17) is 4.74 Å². The molecule has 2 aromatic carbocycles. The maximum Gasteiger partial charge on any atom is 0.337 e. The fourth-order valence-electron chi connectivity index (χ4n) is 1.83. The van der Waals surface area contributed by atoms with Gasteiger partial charge in [0.1, 0.15) is 5.75 Å². The largest absolute Gasteiger partial charge is 0.497 e. The van der Waals surface area contributed by atoms with E-state index in [0.29, 0.717) is 5.69 Å². The highest BCUT2D eigenvalue weighted by molar-refractivity contribution is 5.96. The molecule has 0 unspecified atom stereocenters. The Morgan fingerprint density at radius 2 is 1.84 bits per heavy atom. The summed E-state index contributed by atoms with van der Waals surface area (Å²) in [6.07, 6.45) is 0. The van der Waals surface area contributed by atoms with Gasteiger partial charge in [0.25, 0.3) is 0 Å². The second-order valence-electron chi connectivity index (χ2n) is 4.16. The fraction of sp³-hybridized carbons (Fsp3) is 0.133. The van der Waals surface area contributed by atoms with Crippen molar-refractivity contribution in [1.82, 2.24) is 0 Å². The number of ether oxygens (including phenoxy) is 1. The number of aromatic carboxylic acids is 1. The molecule has 0 aliphatic carbocycles. The Morgan fingerprint density at radius 1 is 1.16 bits per heavy atom. The Kier molecular flexibility index (Phi) is 3.71. The first-order valence-electron chi connectivity index (χ1n) is 5.86. The van der Waals surface area contributed by atoms with Gasteiger partial charge in [-0.25, -0.2) is 4.79 Å². The molecule has 0 spiro atoms. The number of carboxylic acid groups (broad SMARTS) is 1. The Labute approximate surface area is 111 Å². The van der Waals surface area contributed by atoms with Gasteiger partial charge < -0.3 is 15.2 Å². The van der Waals surface area contributed by atoms with Gasteiger partial charge >= 0.3 is 5.97 Å². The van der Waals surface area contributed by atoms with E-state index >= 15 is 0 Å². The molecular formula is C15H15NO3. The van der Waals surface area contributed by atoms with Crippen molar-refractivity contribution in [3.8, 4) is 5.75 Å². The lowest BCUT2D eigenvalue weighted by molar-refractivity contribution is 0.0698. The van der Waals surface area contributed by atoms with E-state index in [2.05, 4.69) is 5.32 Å². The third kappa shape index (κ3) is 2.85. The molecule has 2 N–H and O–H groups in total. The monoisotopic (exact) mass is 257 g/mol. The zero-order valence-corrected chi connectivity index (χ0v) is 10.8. The highest BCUT2D eigenvalue weighted by Gasteiger charge is 2.11. The minimum Gasteiger partial charge on any atom is -0.497 e. The van der Waals surface area contributed by atoms with Crippen LogP contribution in [0.3, 0.4) is 0 Å². The molecular weight excluding hydrogens is 242 g/mol. The lowest BCUT2D eigenvalue weighted by Gasteiger charge is -2.13. The van der Waals surface area contributed by atoms with Crippen LogP contribution >= 0.6 is 0 Å². The summed E-state index contributed by atoms with van der Waals surface area (Å²) in [5.74, 6) is -0.187. The van der Waals surface area contributed by atoms with Crippen LogP contribution in [0.5, 0.6) is 5.75 Å². The number of carbonyl (C=O) groups is 1. The number of benzene rings is 2. The second-order valence-corrected chi connectivity index (χ2v) is 4.16. The van der Waals surface area contributed by atoms with E-state index in [9.17, 15) is 9.90 Å². The van der Waals surface area contributed by atoms with Gasteiger partial charge in [-0.1, -0.05) is 12.1 Å². The van der Waals surface area contributed by atoms with Crippen molar-refractivity contribution in [2.24, 2.45) is 0 Å². The quantitative estimate of drug-likeness (QED) is 0.880. The van der Waals surface area contributed by atoms with Crippen molar-refractivity contribution in [2.75, 3.05) is 12.4 Å². The van der Waals surface area contributed by atoms with Gasteiger partial charge in [-0.2, -0.15) is 0 Å². The Balaban J connectivity index is 2.34. The molecule has 0 aromatic heterocycles. The average molecular weight is 257 g/mol. The molecule has 0 aliphatic heterocycles. The Morgan fingerprint density at radius 3 is 2.42 bits per heavy atom. The van der Waals surface area contributed by atoms with E-state index in [1.54, 1.807) is 19.2 Å². The van der Waals surface area contributed by atoms with Crippen LogP contribution in [0, 0.1) is 6.92 Å². The molecule has 0 saturated carbocycles. The first-order chi connectivity index (χ1) is 9.11. The van der Waals surface area contributed by atoms with Crippen molar-refractivity contribution in [3.63, 3.8) is 0 Å². The van der Waals surface area contributed by atoms with Crippen LogP contribution in [0.15, 0.2) is 42.5 Å². The predicted octanol–water partition coefficient (Wildman–Crippen LogP) is 3.45. The van der Waals surface area contributed by atoms with E-state index in [0.717, 1.165) is 17.0 Å². The molecule has 4 heteroatoms. The van der Waals surface area contributed by atoms with Crippen LogP contribution in [-0.4, -0.2) is 18.2 Å². The molecule has 0 aliphatic rings. The number of carboxylic acids is 1. The van der Waals surface area contributed by atoms with Crippen molar-refractivity contribution >= 4 is 17.3 Å². The van der Waals surface area contributed by atoms with Gasteiger partial charge in [0.05, 0.1) is 18.4 Å². The number of nitrogens with one attached hydrogen (secondary N) is 1. The van der Waals surface area contributed by atoms with E-state index < -0.39 is 5.97 Å². The third-order valence-electron chi connectivity index (χ3n) is 2.86. The molecule has 0 saturated heterocycles. The van der Waals surface area contributed by atoms with Crippen LogP contribution in [0.2, 0.25) is 0 Å². The van der Waals surface area contributed by atoms with E-state index in [-0.39, 0.29) is 5.56 Å². The highest BCUT2D eigenvalue weighted by Crippen LogP contribution is 2.26. The standard InChI is InChI=1S/C15H15NO3/c1-10-4-3-5-13(15(17)18)14(10)16-11-6-8-12(19-2)9-7-11/h3-9,16H,1-2H3,(H,17,18). The van der Waals surface area contributed by atoms with Crippen molar-refractivity contribution in [1.29, 1.82) is 0 Å². The van der Waals surface area contributed by atoms with Gasteiger partial charge in [-0.05, 0) is 42.8 Å². The maximum absolute atomic E-state index is 11.2. The van der Waals surface area contributed by atoms with Crippen molar-refractivity contribution < 1.29 is 14.6 Å². The summed E-state index contributed by atoms with van der Waals surface area (Å²) in [4.78, 5) is 11.2. The summed E-state index contributed by atoms with van der Waals surface area (Å²) in [6.45, 7) is 1.87. The first-order valence-corrected chi connectivity index (χ1v) is 5.86. The molecule has 98 valence electrons. The lowest BCUT2D eigenvalue weighted by atomic mass is 10.1.